The highest BCUT2D eigenvalue weighted by atomic mass is 16.7. The first kappa shape index (κ1) is 25.9. The van der Waals surface area contributed by atoms with Crippen LogP contribution in [0.3, 0.4) is 0 Å². The molecule has 0 radical (unpaired) electrons. The Morgan fingerprint density at radius 2 is 1.59 bits per heavy atom. The molecule has 0 spiro atoms. The van der Waals surface area contributed by atoms with Crippen molar-refractivity contribution in [3.63, 3.8) is 0 Å². The van der Waals surface area contributed by atoms with Gasteiger partial charge in [0, 0.05) is 29.7 Å². The first-order chi connectivity index (χ1) is 17.3. The van der Waals surface area contributed by atoms with Gasteiger partial charge in [0.25, 0.3) is 11.4 Å². The number of nitro groups is 2. The average Bonchev–Trinajstić information content (AvgIpc) is 3.18. The number of nitrogens with one attached hydrogen (secondary N) is 1. The summed E-state index contributed by atoms with van der Waals surface area (Å²) in [5.41, 5.74) is -1.00. The topological polar surface area (TPSA) is 154 Å². The molecule has 2 atom stereocenters. The molecule has 2 fully saturated rings. The summed E-state index contributed by atoms with van der Waals surface area (Å²) >= 11 is 0. The van der Waals surface area contributed by atoms with Crippen molar-refractivity contribution >= 4 is 34.7 Å². The Morgan fingerprint density at radius 3 is 2.14 bits per heavy atom. The molecule has 0 aromatic heterocycles. The highest BCUT2D eigenvalue weighted by Crippen LogP contribution is 2.71. The lowest BCUT2D eigenvalue weighted by atomic mass is 9.64. The van der Waals surface area contributed by atoms with Crippen LogP contribution in [0.5, 0.6) is 0 Å². The normalized spacial score (nSPS) is 24.6. The molecular weight excluding hydrogens is 480 g/mol. The van der Waals surface area contributed by atoms with Gasteiger partial charge in [-0.05, 0) is 42.4 Å². The van der Waals surface area contributed by atoms with Gasteiger partial charge in [0.1, 0.15) is 0 Å². The van der Waals surface area contributed by atoms with Crippen LogP contribution in [0.4, 0.5) is 17.1 Å². The van der Waals surface area contributed by atoms with Crippen LogP contribution in [0.1, 0.15) is 62.9 Å². The Hall–Kier alpha value is -4.15. The molecule has 2 bridgehead atoms. The zero-order chi connectivity index (χ0) is 27.2. The standard InChI is InChI=1S/C26H28N4O7/c1-5-16-6-8-18(9-7-16)27-23(32)26-11-10-25(4,24(26,2)3)21(15-26)28-37-22(31)17-12-19(29(33)34)14-20(13-17)30(35)36/h6-9,12-14H,5,10-11,15H2,1-4H3,(H,27,32)/b28-21-. The minimum absolute atomic E-state index is 0.128. The van der Waals surface area contributed by atoms with E-state index in [1.807, 2.05) is 45.0 Å². The van der Waals surface area contributed by atoms with Crippen molar-refractivity contribution < 1.29 is 24.3 Å². The number of benzene rings is 2. The number of carbonyl (C=O) groups is 2. The third-order valence-electron chi connectivity index (χ3n) is 8.59. The van der Waals surface area contributed by atoms with Crippen molar-refractivity contribution in [1.82, 2.24) is 0 Å². The molecule has 1 N–H and O–H groups in total. The van der Waals surface area contributed by atoms with Gasteiger partial charge >= 0.3 is 5.97 Å². The highest BCUT2D eigenvalue weighted by molar-refractivity contribution is 6.06. The number of nitro benzene ring substituents is 2. The van der Waals surface area contributed by atoms with Gasteiger partial charge in [0.15, 0.2) is 0 Å². The molecule has 2 aromatic rings. The smallest absolute Gasteiger partial charge is 0.326 e. The van der Waals surface area contributed by atoms with E-state index in [1.54, 1.807) is 0 Å². The third-order valence-corrected chi connectivity index (χ3v) is 8.59. The monoisotopic (exact) mass is 508 g/mol. The first-order valence-electron chi connectivity index (χ1n) is 12.0. The lowest BCUT2D eigenvalue weighted by Gasteiger charge is -2.39. The molecule has 37 heavy (non-hydrogen) atoms. The predicted molar refractivity (Wildman–Crippen MR) is 135 cm³/mol. The van der Waals surface area contributed by atoms with Gasteiger partial charge in [-0.1, -0.05) is 45.0 Å². The number of hydrogen-bond acceptors (Lipinski definition) is 8. The van der Waals surface area contributed by atoms with Crippen LogP contribution < -0.4 is 5.32 Å². The summed E-state index contributed by atoms with van der Waals surface area (Å²) < 4.78 is 0. The summed E-state index contributed by atoms with van der Waals surface area (Å²) in [6.07, 6.45) is 2.46. The summed E-state index contributed by atoms with van der Waals surface area (Å²) in [5.74, 6) is -1.19. The van der Waals surface area contributed by atoms with E-state index in [0.29, 0.717) is 24.2 Å². The largest absolute Gasteiger partial charge is 0.366 e. The van der Waals surface area contributed by atoms with Gasteiger partial charge in [0.2, 0.25) is 5.91 Å². The van der Waals surface area contributed by atoms with Crippen LogP contribution in [0, 0.1) is 36.5 Å². The van der Waals surface area contributed by atoms with E-state index in [1.165, 1.54) is 0 Å². The molecule has 2 aliphatic rings. The van der Waals surface area contributed by atoms with Crippen molar-refractivity contribution in [3.8, 4) is 0 Å². The predicted octanol–water partition coefficient (Wildman–Crippen LogP) is 5.43. The summed E-state index contributed by atoms with van der Waals surface area (Å²) in [4.78, 5) is 52.1. The Morgan fingerprint density at radius 1 is 1.00 bits per heavy atom. The van der Waals surface area contributed by atoms with E-state index in [4.69, 9.17) is 4.84 Å². The number of aryl methyl sites for hydroxylation is 1. The van der Waals surface area contributed by atoms with Gasteiger partial charge in [-0.2, -0.15) is 0 Å². The number of anilines is 1. The maximum atomic E-state index is 13.6. The van der Waals surface area contributed by atoms with E-state index in [2.05, 4.69) is 17.4 Å². The number of oxime groups is 1. The highest BCUT2D eigenvalue weighted by Gasteiger charge is 2.71. The lowest BCUT2D eigenvalue weighted by Crippen LogP contribution is -2.43. The minimum Gasteiger partial charge on any atom is -0.326 e. The van der Waals surface area contributed by atoms with E-state index in [9.17, 15) is 29.8 Å². The van der Waals surface area contributed by atoms with Gasteiger partial charge in [-0.25, -0.2) is 4.79 Å². The molecule has 2 saturated carbocycles. The summed E-state index contributed by atoms with van der Waals surface area (Å²) in [6, 6.07) is 10.3. The zero-order valence-electron chi connectivity index (χ0n) is 21.1. The van der Waals surface area contributed by atoms with E-state index < -0.39 is 43.4 Å². The summed E-state index contributed by atoms with van der Waals surface area (Å²) in [6.45, 7) is 8.05. The van der Waals surface area contributed by atoms with Crippen molar-refractivity contribution in [2.24, 2.45) is 21.4 Å². The van der Waals surface area contributed by atoms with Crippen LogP contribution in [0.2, 0.25) is 0 Å². The summed E-state index contributed by atoms with van der Waals surface area (Å²) in [7, 11) is 0. The molecule has 4 rings (SSSR count). The second-order valence-electron chi connectivity index (χ2n) is 10.4. The maximum Gasteiger partial charge on any atom is 0.366 e. The maximum absolute atomic E-state index is 13.6. The fraction of sp³-hybridized carbons (Fsp3) is 0.423. The van der Waals surface area contributed by atoms with Gasteiger partial charge < -0.3 is 10.2 Å². The molecule has 194 valence electrons. The van der Waals surface area contributed by atoms with Crippen LogP contribution in [0.25, 0.3) is 0 Å². The molecule has 2 unspecified atom stereocenters. The van der Waals surface area contributed by atoms with Crippen molar-refractivity contribution in [2.45, 2.75) is 53.4 Å². The Kier molecular flexibility index (Phi) is 6.35. The first-order valence-corrected chi connectivity index (χ1v) is 12.0. The third kappa shape index (κ3) is 4.13. The van der Waals surface area contributed by atoms with Gasteiger partial charge in [-0.3, -0.25) is 25.0 Å². The molecule has 2 aliphatic carbocycles. The molecule has 0 aliphatic heterocycles. The zero-order valence-corrected chi connectivity index (χ0v) is 21.1. The fourth-order valence-electron chi connectivity index (χ4n) is 5.67. The number of amides is 1. The van der Waals surface area contributed by atoms with E-state index in [0.717, 1.165) is 30.2 Å². The van der Waals surface area contributed by atoms with Crippen LogP contribution in [-0.4, -0.2) is 27.4 Å². The number of fused-ring (bicyclic) bond motifs is 2. The van der Waals surface area contributed by atoms with Crippen LogP contribution in [0.15, 0.2) is 47.6 Å². The number of carbonyl (C=O) groups excluding carboxylic acids is 2. The molecule has 0 heterocycles. The number of nitrogens with zero attached hydrogens (tertiary/aromatic N) is 3. The number of rotatable bonds is 7. The SMILES string of the molecule is CCc1ccc(NC(=O)C23CCC(C)(/C(=N\OC(=O)c4cc([N+](=O)[O-])cc([N+](=O)[O-])c4)C2)C3(C)C)cc1. The van der Waals surface area contributed by atoms with Crippen LogP contribution in [-0.2, 0) is 16.1 Å². The van der Waals surface area contributed by atoms with Crippen LogP contribution >= 0.6 is 0 Å². The number of hydrogen-bond donors (Lipinski definition) is 1. The van der Waals surface area contributed by atoms with Gasteiger partial charge in [0.05, 0.1) is 32.6 Å². The Bertz CT molecular complexity index is 1300. The second-order valence-corrected chi connectivity index (χ2v) is 10.4. The van der Waals surface area contributed by atoms with Crippen molar-refractivity contribution in [2.75, 3.05) is 5.32 Å². The fourth-order valence-corrected chi connectivity index (χ4v) is 5.67. The molecular formula is C26H28N4O7. The lowest BCUT2D eigenvalue weighted by molar-refractivity contribution is -0.394. The molecule has 11 heteroatoms. The second kappa shape index (κ2) is 9.06. The van der Waals surface area contributed by atoms with Crippen molar-refractivity contribution in [1.29, 1.82) is 0 Å². The Labute approximate surface area is 213 Å². The van der Waals surface area contributed by atoms with Crippen molar-refractivity contribution in [3.05, 3.63) is 73.8 Å². The molecule has 11 nitrogen and oxygen atoms in total. The van der Waals surface area contributed by atoms with E-state index >= 15 is 0 Å². The average molecular weight is 509 g/mol. The minimum atomic E-state index is -1.06. The summed E-state index contributed by atoms with van der Waals surface area (Å²) in [5, 5.41) is 29.4. The van der Waals surface area contributed by atoms with E-state index in [-0.39, 0.29) is 17.9 Å². The Balaban J connectivity index is 1.59. The quantitative estimate of drug-likeness (QED) is 0.297. The number of non-ortho nitro benzene ring substituents is 2. The molecule has 2 aromatic carbocycles. The molecule has 1 amide bonds. The van der Waals surface area contributed by atoms with Gasteiger partial charge in [-0.15, -0.1) is 0 Å². The molecule has 0 saturated heterocycles.